The second kappa shape index (κ2) is 9.61. The van der Waals surface area contributed by atoms with E-state index >= 15 is 0 Å². The summed E-state index contributed by atoms with van der Waals surface area (Å²) >= 11 is 0. The van der Waals surface area contributed by atoms with Gasteiger partial charge in [0.1, 0.15) is 5.82 Å². The molecular formula is C29H33N5O. The van der Waals surface area contributed by atoms with Gasteiger partial charge in [0.25, 0.3) is 5.56 Å². The van der Waals surface area contributed by atoms with Gasteiger partial charge in [0.2, 0.25) is 0 Å². The molecular weight excluding hydrogens is 434 g/mol. The summed E-state index contributed by atoms with van der Waals surface area (Å²) in [5.41, 5.74) is 9.21. The maximum atomic E-state index is 12.2. The van der Waals surface area contributed by atoms with Gasteiger partial charge in [0.05, 0.1) is 0 Å². The first kappa shape index (κ1) is 23.2. The molecule has 3 aromatic heterocycles. The van der Waals surface area contributed by atoms with E-state index in [-0.39, 0.29) is 5.56 Å². The third-order valence-corrected chi connectivity index (χ3v) is 7.24. The van der Waals surface area contributed by atoms with Gasteiger partial charge in [-0.2, -0.15) is 0 Å². The van der Waals surface area contributed by atoms with Crippen molar-refractivity contribution in [1.29, 1.82) is 0 Å². The Morgan fingerprint density at radius 3 is 2.60 bits per heavy atom. The molecule has 6 heteroatoms. The molecule has 0 spiro atoms. The molecule has 0 aromatic carbocycles. The Morgan fingerprint density at radius 2 is 1.89 bits per heavy atom. The number of hydrogen-bond acceptors (Lipinski definition) is 5. The summed E-state index contributed by atoms with van der Waals surface area (Å²) in [5, 5.41) is 0. The fourth-order valence-corrected chi connectivity index (χ4v) is 4.88. The van der Waals surface area contributed by atoms with Gasteiger partial charge in [0.15, 0.2) is 0 Å². The molecule has 1 aliphatic heterocycles. The summed E-state index contributed by atoms with van der Waals surface area (Å²) < 4.78 is 1.62. The summed E-state index contributed by atoms with van der Waals surface area (Å²) in [6.07, 6.45) is 12.2. The molecule has 1 saturated carbocycles. The first-order valence-corrected chi connectivity index (χ1v) is 12.6. The average Bonchev–Trinajstić information content (AvgIpc) is 3.73. The van der Waals surface area contributed by atoms with Crippen molar-refractivity contribution in [3.8, 4) is 11.1 Å². The molecule has 0 atom stereocenters. The highest BCUT2D eigenvalue weighted by Crippen LogP contribution is 2.39. The predicted molar refractivity (Wildman–Crippen MR) is 140 cm³/mol. The zero-order valence-corrected chi connectivity index (χ0v) is 21.1. The first-order valence-electron chi connectivity index (χ1n) is 12.6. The molecule has 6 nitrogen and oxygen atoms in total. The third kappa shape index (κ3) is 4.70. The van der Waals surface area contributed by atoms with Crippen molar-refractivity contribution in [2.75, 3.05) is 6.54 Å². The van der Waals surface area contributed by atoms with Crippen LogP contribution in [0, 0.1) is 0 Å². The Balaban J connectivity index is 1.44. The standard InChI is InChI=1S/C29H33N5O/c1-5-6-27(19(2)20(3)29-30-13-11-28(35)33(29)4)34-14-12-26-24(18-34)15-23(17-32-26)22-9-10-25(31-16-22)21-7-8-21/h6,9-11,13,15-17,21H,5,7-8,12,14,18H2,1-4H3/b20-19-,27-6-. The van der Waals surface area contributed by atoms with E-state index < -0.39 is 0 Å². The number of rotatable bonds is 6. The summed E-state index contributed by atoms with van der Waals surface area (Å²) in [6.45, 7) is 8.06. The Kier molecular flexibility index (Phi) is 6.37. The number of hydrogen-bond donors (Lipinski definition) is 0. The molecule has 1 aliphatic carbocycles. The number of pyridine rings is 2. The smallest absolute Gasteiger partial charge is 0.253 e. The van der Waals surface area contributed by atoms with E-state index in [1.807, 2.05) is 12.4 Å². The molecule has 2 aliphatic rings. The van der Waals surface area contributed by atoms with Gasteiger partial charge in [-0.15, -0.1) is 0 Å². The molecule has 0 radical (unpaired) electrons. The van der Waals surface area contributed by atoms with E-state index in [1.54, 1.807) is 17.8 Å². The van der Waals surface area contributed by atoms with E-state index in [0.717, 1.165) is 48.2 Å². The lowest BCUT2D eigenvalue weighted by Crippen LogP contribution is -2.31. The monoisotopic (exact) mass is 467 g/mol. The van der Waals surface area contributed by atoms with Crippen LogP contribution in [0.15, 0.2) is 65.0 Å². The number of aromatic nitrogens is 4. The highest BCUT2D eigenvalue weighted by atomic mass is 16.1. The van der Waals surface area contributed by atoms with Crippen LogP contribution in [0.2, 0.25) is 0 Å². The van der Waals surface area contributed by atoms with Gasteiger partial charge >= 0.3 is 0 Å². The lowest BCUT2D eigenvalue weighted by molar-refractivity contribution is 0.324. The van der Waals surface area contributed by atoms with Crippen LogP contribution < -0.4 is 5.56 Å². The van der Waals surface area contributed by atoms with Crippen LogP contribution in [-0.2, 0) is 20.0 Å². The average molecular weight is 468 g/mol. The second-order valence-electron chi connectivity index (χ2n) is 9.66. The first-order chi connectivity index (χ1) is 17.0. The van der Waals surface area contributed by atoms with Crippen LogP contribution in [-0.4, -0.2) is 31.0 Å². The minimum absolute atomic E-state index is 0.0478. The van der Waals surface area contributed by atoms with Crippen molar-refractivity contribution >= 4 is 5.57 Å². The molecule has 3 aromatic rings. The molecule has 0 bridgehead atoms. The highest BCUT2D eigenvalue weighted by molar-refractivity contribution is 5.66. The van der Waals surface area contributed by atoms with E-state index in [1.165, 1.54) is 41.6 Å². The van der Waals surface area contributed by atoms with Gasteiger partial charge in [-0.25, -0.2) is 4.98 Å². The summed E-state index contributed by atoms with van der Waals surface area (Å²) in [6, 6.07) is 8.12. The quantitative estimate of drug-likeness (QED) is 0.463. The van der Waals surface area contributed by atoms with E-state index in [9.17, 15) is 4.79 Å². The summed E-state index contributed by atoms with van der Waals surface area (Å²) in [4.78, 5) is 28.6. The molecule has 35 heavy (non-hydrogen) atoms. The van der Waals surface area contributed by atoms with Crippen LogP contribution in [0.1, 0.15) is 68.7 Å². The maximum absolute atomic E-state index is 12.2. The van der Waals surface area contributed by atoms with Crippen molar-refractivity contribution in [3.05, 3.63) is 93.3 Å². The van der Waals surface area contributed by atoms with Crippen molar-refractivity contribution < 1.29 is 0 Å². The van der Waals surface area contributed by atoms with Crippen LogP contribution in [0.25, 0.3) is 16.7 Å². The molecule has 0 amide bonds. The highest BCUT2D eigenvalue weighted by Gasteiger charge is 2.25. The Hall–Kier alpha value is -3.54. The SMILES string of the molecule is CC/C=C(/C(C)=C(/C)c1nccc(=O)n1C)N1CCc2ncc(-c3ccc(C4CC4)nc3)cc2C1. The number of nitrogens with zero attached hydrogens (tertiary/aromatic N) is 5. The Morgan fingerprint density at radius 1 is 1.09 bits per heavy atom. The molecule has 4 heterocycles. The van der Waals surface area contributed by atoms with Gasteiger partial charge in [-0.3, -0.25) is 19.3 Å². The zero-order chi connectivity index (χ0) is 24.5. The van der Waals surface area contributed by atoms with Crippen molar-refractivity contribution in [2.24, 2.45) is 7.05 Å². The Bertz CT molecular complexity index is 1360. The molecule has 0 saturated heterocycles. The van der Waals surface area contributed by atoms with E-state index in [4.69, 9.17) is 9.97 Å². The fraction of sp³-hybridized carbons (Fsp3) is 0.379. The lowest BCUT2D eigenvalue weighted by Gasteiger charge is -2.33. The minimum Gasteiger partial charge on any atom is -0.367 e. The Labute approximate surface area is 207 Å². The topological polar surface area (TPSA) is 63.9 Å². The number of allylic oxidation sites excluding steroid dienone is 3. The van der Waals surface area contributed by atoms with Gasteiger partial charge in [-0.05, 0) is 62.0 Å². The normalized spacial score (nSPS) is 16.7. The van der Waals surface area contributed by atoms with E-state index in [2.05, 4.69) is 54.9 Å². The summed E-state index contributed by atoms with van der Waals surface area (Å²) in [5.74, 6) is 1.37. The zero-order valence-electron chi connectivity index (χ0n) is 21.1. The van der Waals surface area contributed by atoms with Crippen LogP contribution >= 0.6 is 0 Å². The second-order valence-corrected chi connectivity index (χ2v) is 9.66. The molecule has 1 fully saturated rings. The van der Waals surface area contributed by atoms with Crippen molar-refractivity contribution in [3.63, 3.8) is 0 Å². The van der Waals surface area contributed by atoms with Crippen molar-refractivity contribution in [1.82, 2.24) is 24.4 Å². The predicted octanol–water partition coefficient (Wildman–Crippen LogP) is 5.26. The molecule has 180 valence electrons. The largest absolute Gasteiger partial charge is 0.367 e. The molecule has 0 unspecified atom stereocenters. The lowest BCUT2D eigenvalue weighted by atomic mass is 9.98. The number of fused-ring (bicyclic) bond motifs is 1. The maximum Gasteiger partial charge on any atom is 0.253 e. The van der Waals surface area contributed by atoms with E-state index in [0.29, 0.717) is 11.7 Å². The summed E-state index contributed by atoms with van der Waals surface area (Å²) in [7, 11) is 1.78. The third-order valence-electron chi connectivity index (χ3n) is 7.24. The fourth-order valence-electron chi connectivity index (χ4n) is 4.88. The van der Waals surface area contributed by atoms with Crippen LogP contribution in [0.5, 0.6) is 0 Å². The van der Waals surface area contributed by atoms with Gasteiger partial charge < -0.3 is 4.90 Å². The minimum atomic E-state index is -0.0478. The van der Waals surface area contributed by atoms with Gasteiger partial charge in [-0.1, -0.05) is 19.1 Å². The molecule has 0 N–H and O–H groups in total. The van der Waals surface area contributed by atoms with Crippen LogP contribution in [0.3, 0.4) is 0 Å². The van der Waals surface area contributed by atoms with Crippen molar-refractivity contribution in [2.45, 2.75) is 58.9 Å². The van der Waals surface area contributed by atoms with Crippen LogP contribution in [0.4, 0.5) is 0 Å². The van der Waals surface area contributed by atoms with Gasteiger partial charge in [0, 0.05) is 85.3 Å². The molecule has 5 rings (SSSR count).